The van der Waals surface area contributed by atoms with Crippen LogP contribution in [0.15, 0.2) is 42.6 Å². The average Bonchev–Trinajstić information content (AvgIpc) is 2.79. The summed E-state index contributed by atoms with van der Waals surface area (Å²) in [4.78, 5) is 0. The predicted octanol–water partition coefficient (Wildman–Crippen LogP) is 3.37. The monoisotopic (exact) mass is 265 g/mol. The Labute approximate surface area is 115 Å². The van der Waals surface area contributed by atoms with E-state index in [0.29, 0.717) is 0 Å². The molecule has 0 saturated carbocycles. The van der Waals surface area contributed by atoms with E-state index >= 15 is 0 Å². The van der Waals surface area contributed by atoms with Crippen molar-refractivity contribution in [2.75, 3.05) is 11.9 Å². The zero-order chi connectivity index (χ0) is 11.9. The molecule has 0 spiro atoms. The van der Waals surface area contributed by atoms with Gasteiger partial charge in [0.1, 0.15) is 5.82 Å². The first kappa shape index (κ1) is 14.6. The first-order valence-electron chi connectivity index (χ1n) is 6.19. The van der Waals surface area contributed by atoms with E-state index in [2.05, 4.69) is 41.6 Å². The van der Waals surface area contributed by atoms with E-state index in [0.717, 1.165) is 31.7 Å². The highest BCUT2D eigenvalue weighted by Gasteiger charge is 1.97. The molecule has 1 N–H and O–H groups in total. The van der Waals surface area contributed by atoms with Gasteiger partial charge < -0.3 is 5.32 Å². The molecule has 0 saturated heterocycles. The van der Waals surface area contributed by atoms with Gasteiger partial charge in [-0.25, -0.2) is 0 Å². The second-order valence-corrected chi connectivity index (χ2v) is 4.13. The number of aromatic nitrogens is 2. The van der Waals surface area contributed by atoms with Crippen LogP contribution in [-0.2, 0) is 13.0 Å². The summed E-state index contributed by atoms with van der Waals surface area (Å²) in [7, 11) is 0. The second-order valence-electron chi connectivity index (χ2n) is 4.13. The number of hydrogen-bond donors (Lipinski definition) is 1. The molecule has 0 amide bonds. The number of benzene rings is 1. The molecule has 0 aliphatic rings. The fraction of sp³-hybridized carbons (Fsp3) is 0.357. The van der Waals surface area contributed by atoms with Crippen molar-refractivity contribution in [2.24, 2.45) is 0 Å². The van der Waals surface area contributed by atoms with Gasteiger partial charge in [0, 0.05) is 25.4 Å². The Bertz CT molecular complexity index is 439. The molecule has 2 aromatic rings. The van der Waals surface area contributed by atoms with Gasteiger partial charge in [-0.15, -0.1) is 12.4 Å². The maximum atomic E-state index is 4.44. The molecule has 2 rings (SSSR count). The summed E-state index contributed by atoms with van der Waals surface area (Å²) in [6.07, 6.45) is 4.17. The molecular weight excluding hydrogens is 246 g/mol. The van der Waals surface area contributed by atoms with Crippen LogP contribution in [0.2, 0.25) is 0 Å². The third-order valence-corrected chi connectivity index (χ3v) is 2.66. The summed E-state index contributed by atoms with van der Waals surface area (Å²) in [5, 5.41) is 7.78. The van der Waals surface area contributed by atoms with Crippen molar-refractivity contribution < 1.29 is 0 Å². The molecule has 18 heavy (non-hydrogen) atoms. The Balaban J connectivity index is 0.00000162. The lowest BCUT2D eigenvalue weighted by Gasteiger charge is -2.03. The standard InChI is InChI=1S/C14H19N3.ClH/c1-2-11-17-12-9-14(16-17)15-10-8-13-6-4-3-5-7-13;/h3-7,9,12H,2,8,10-11H2,1H3,(H,15,16);1H. The molecule has 4 heteroatoms. The lowest BCUT2D eigenvalue weighted by atomic mass is 10.1. The van der Waals surface area contributed by atoms with Crippen molar-refractivity contribution in [1.29, 1.82) is 0 Å². The Morgan fingerprint density at radius 1 is 1.17 bits per heavy atom. The topological polar surface area (TPSA) is 29.9 Å². The van der Waals surface area contributed by atoms with Crippen LogP contribution >= 0.6 is 12.4 Å². The van der Waals surface area contributed by atoms with E-state index in [1.54, 1.807) is 0 Å². The third kappa shape index (κ3) is 4.41. The first-order chi connectivity index (χ1) is 8.38. The number of hydrogen-bond acceptors (Lipinski definition) is 2. The van der Waals surface area contributed by atoms with Gasteiger partial charge in [0.25, 0.3) is 0 Å². The summed E-state index contributed by atoms with van der Waals surface area (Å²) < 4.78 is 1.98. The average molecular weight is 266 g/mol. The van der Waals surface area contributed by atoms with Crippen molar-refractivity contribution in [3.05, 3.63) is 48.2 Å². The van der Waals surface area contributed by atoms with Crippen LogP contribution in [0.3, 0.4) is 0 Å². The van der Waals surface area contributed by atoms with Gasteiger partial charge in [-0.3, -0.25) is 4.68 Å². The molecule has 0 fully saturated rings. The van der Waals surface area contributed by atoms with E-state index in [1.807, 2.05) is 23.0 Å². The van der Waals surface area contributed by atoms with Crippen molar-refractivity contribution in [3.63, 3.8) is 0 Å². The molecule has 98 valence electrons. The van der Waals surface area contributed by atoms with Crippen molar-refractivity contribution >= 4 is 18.2 Å². The highest BCUT2D eigenvalue weighted by Crippen LogP contribution is 2.04. The molecule has 1 aromatic carbocycles. The van der Waals surface area contributed by atoms with Crippen LogP contribution in [0.1, 0.15) is 18.9 Å². The minimum atomic E-state index is 0. The molecule has 0 atom stereocenters. The quantitative estimate of drug-likeness (QED) is 0.868. The molecule has 0 aliphatic carbocycles. The van der Waals surface area contributed by atoms with Crippen molar-refractivity contribution in [3.8, 4) is 0 Å². The molecule has 0 aliphatic heterocycles. The number of halogens is 1. The third-order valence-electron chi connectivity index (χ3n) is 2.66. The van der Waals surface area contributed by atoms with Crippen LogP contribution in [0.4, 0.5) is 5.82 Å². The summed E-state index contributed by atoms with van der Waals surface area (Å²) in [6, 6.07) is 12.5. The SMILES string of the molecule is CCCn1ccc(NCCc2ccccc2)n1.Cl. The van der Waals surface area contributed by atoms with Crippen LogP contribution < -0.4 is 5.32 Å². The lowest BCUT2D eigenvalue weighted by molar-refractivity contribution is 0.604. The molecule has 0 radical (unpaired) electrons. The van der Waals surface area contributed by atoms with Crippen LogP contribution in [0, 0.1) is 0 Å². The summed E-state index contributed by atoms with van der Waals surface area (Å²) in [5.41, 5.74) is 1.35. The summed E-state index contributed by atoms with van der Waals surface area (Å²) in [5.74, 6) is 0.967. The number of nitrogens with one attached hydrogen (secondary N) is 1. The minimum absolute atomic E-state index is 0. The summed E-state index contributed by atoms with van der Waals surface area (Å²) >= 11 is 0. The maximum Gasteiger partial charge on any atom is 0.147 e. The van der Waals surface area contributed by atoms with Gasteiger partial charge in [-0.2, -0.15) is 5.10 Å². The zero-order valence-corrected chi connectivity index (χ0v) is 11.5. The smallest absolute Gasteiger partial charge is 0.147 e. The number of nitrogens with zero attached hydrogens (tertiary/aromatic N) is 2. The normalized spacial score (nSPS) is 9.83. The Kier molecular flexibility index (Phi) is 6.29. The highest BCUT2D eigenvalue weighted by molar-refractivity contribution is 5.85. The molecule has 1 aromatic heterocycles. The van der Waals surface area contributed by atoms with Crippen LogP contribution in [0.25, 0.3) is 0 Å². The number of aryl methyl sites for hydroxylation is 1. The zero-order valence-electron chi connectivity index (χ0n) is 10.7. The van der Waals surface area contributed by atoms with E-state index in [4.69, 9.17) is 0 Å². The number of anilines is 1. The Morgan fingerprint density at radius 2 is 1.94 bits per heavy atom. The number of rotatable bonds is 6. The Hall–Kier alpha value is -1.48. The highest BCUT2D eigenvalue weighted by atomic mass is 35.5. The van der Waals surface area contributed by atoms with E-state index in [-0.39, 0.29) is 12.4 Å². The maximum absolute atomic E-state index is 4.44. The second kappa shape index (κ2) is 7.77. The van der Waals surface area contributed by atoms with Gasteiger partial charge in [0.05, 0.1) is 0 Å². The van der Waals surface area contributed by atoms with Crippen molar-refractivity contribution in [2.45, 2.75) is 26.3 Å². The molecule has 0 unspecified atom stereocenters. The van der Waals surface area contributed by atoms with Gasteiger partial charge in [-0.1, -0.05) is 37.3 Å². The van der Waals surface area contributed by atoms with E-state index < -0.39 is 0 Å². The van der Waals surface area contributed by atoms with Crippen molar-refractivity contribution in [1.82, 2.24) is 9.78 Å². The molecule has 0 bridgehead atoms. The van der Waals surface area contributed by atoms with E-state index in [9.17, 15) is 0 Å². The van der Waals surface area contributed by atoms with E-state index in [1.165, 1.54) is 5.56 Å². The fourth-order valence-electron chi connectivity index (χ4n) is 1.79. The van der Waals surface area contributed by atoms with Gasteiger partial charge in [-0.05, 0) is 18.4 Å². The molecular formula is C14H20ClN3. The van der Waals surface area contributed by atoms with Crippen LogP contribution in [-0.4, -0.2) is 16.3 Å². The lowest BCUT2D eigenvalue weighted by Crippen LogP contribution is -2.06. The van der Waals surface area contributed by atoms with Gasteiger partial charge in [0.2, 0.25) is 0 Å². The molecule has 1 heterocycles. The fourth-order valence-corrected chi connectivity index (χ4v) is 1.79. The predicted molar refractivity (Wildman–Crippen MR) is 78.4 cm³/mol. The van der Waals surface area contributed by atoms with Gasteiger partial charge in [0.15, 0.2) is 0 Å². The summed E-state index contributed by atoms with van der Waals surface area (Å²) in [6.45, 7) is 4.07. The van der Waals surface area contributed by atoms with Gasteiger partial charge >= 0.3 is 0 Å². The first-order valence-corrected chi connectivity index (χ1v) is 6.19. The largest absolute Gasteiger partial charge is 0.368 e. The minimum Gasteiger partial charge on any atom is -0.368 e. The molecule has 3 nitrogen and oxygen atoms in total. The Morgan fingerprint density at radius 3 is 2.67 bits per heavy atom. The van der Waals surface area contributed by atoms with Crippen LogP contribution in [0.5, 0.6) is 0 Å².